The van der Waals surface area contributed by atoms with E-state index in [9.17, 15) is 19.7 Å². The van der Waals surface area contributed by atoms with Gasteiger partial charge in [0.25, 0.3) is 5.69 Å². The van der Waals surface area contributed by atoms with Gasteiger partial charge in [-0.1, -0.05) is 17.7 Å². The topological polar surface area (TPSA) is 118 Å². The van der Waals surface area contributed by atoms with Crippen LogP contribution in [0.3, 0.4) is 0 Å². The highest BCUT2D eigenvalue weighted by Crippen LogP contribution is 2.29. The lowest BCUT2D eigenvalue weighted by Crippen LogP contribution is -2.00. The van der Waals surface area contributed by atoms with Gasteiger partial charge in [-0.05, 0) is 29.3 Å². The van der Waals surface area contributed by atoms with Crippen molar-refractivity contribution in [3.63, 3.8) is 0 Å². The Bertz CT molecular complexity index is 770. The van der Waals surface area contributed by atoms with Crippen molar-refractivity contribution in [3.05, 3.63) is 62.7 Å². The molecule has 2 N–H and O–H groups in total. The van der Waals surface area contributed by atoms with E-state index < -0.39 is 22.5 Å². The van der Waals surface area contributed by atoms with Crippen molar-refractivity contribution >= 4 is 29.2 Å². The van der Waals surface area contributed by atoms with E-state index in [-0.39, 0.29) is 21.7 Å². The molecule has 0 spiro atoms. The maximum atomic E-state index is 11.1. The van der Waals surface area contributed by atoms with Crippen molar-refractivity contribution < 1.29 is 24.7 Å². The number of aromatic carboxylic acids is 2. The van der Waals surface area contributed by atoms with Crippen LogP contribution in [0.4, 0.5) is 5.69 Å². The number of non-ortho nitro benzene ring substituents is 1. The second-order valence-corrected chi connectivity index (χ2v) is 4.74. The van der Waals surface area contributed by atoms with Crippen molar-refractivity contribution in [2.75, 3.05) is 0 Å². The number of halogens is 1. The van der Waals surface area contributed by atoms with Crippen LogP contribution in [-0.4, -0.2) is 27.1 Å². The summed E-state index contributed by atoms with van der Waals surface area (Å²) in [6.07, 6.45) is 0. The fourth-order valence-corrected chi connectivity index (χ4v) is 2.07. The smallest absolute Gasteiger partial charge is 0.337 e. The van der Waals surface area contributed by atoms with Gasteiger partial charge in [-0.25, -0.2) is 9.59 Å². The molecule has 0 atom stereocenters. The van der Waals surface area contributed by atoms with Crippen LogP contribution in [0.25, 0.3) is 11.1 Å². The number of hydrogen-bond acceptors (Lipinski definition) is 4. The van der Waals surface area contributed by atoms with Gasteiger partial charge >= 0.3 is 11.9 Å². The average Bonchev–Trinajstić information content (AvgIpc) is 2.46. The zero-order valence-electron chi connectivity index (χ0n) is 10.8. The number of carboxylic acid groups (broad SMARTS) is 2. The standard InChI is InChI=1S/C14H8ClNO6/c15-12-2-1-7(6-11(12)14(19)20)8-3-9(13(17)18)5-10(4-8)16(21)22/h1-6H,(H,17,18)(H,19,20). The van der Waals surface area contributed by atoms with Crippen LogP contribution in [0.5, 0.6) is 0 Å². The van der Waals surface area contributed by atoms with Crippen LogP contribution < -0.4 is 0 Å². The van der Waals surface area contributed by atoms with Gasteiger partial charge in [0.15, 0.2) is 0 Å². The van der Waals surface area contributed by atoms with E-state index >= 15 is 0 Å². The molecule has 0 saturated heterocycles. The number of hydrogen-bond donors (Lipinski definition) is 2. The Hall–Kier alpha value is -2.93. The summed E-state index contributed by atoms with van der Waals surface area (Å²) in [6.45, 7) is 0. The molecule has 0 bridgehead atoms. The fraction of sp³-hybridized carbons (Fsp3) is 0. The Balaban J connectivity index is 2.66. The Morgan fingerprint density at radius 3 is 2.23 bits per heavy atom. The van der Waals surface area contributed by atoms with E-state index in [1.807, 2.05) is 0 Å². The highest BCUT2D eigenvalue weighted by atomic mass is 35.5. The Morgan fingerprint density at radius 2 is 1.68 bits per heavy atom. The molecule has 0 radical (unpaired) electrons. The monoisotopic (exact) mass is 321 g/mol. The predicted octanol–water partition coefficient (Wildman–Crippen LogP) is 3.31. The minimum Gasteiger partial charge on any atom is -0.478 e. The van der Waals surface area contributed by atoms with Crippen LogP contribution in [-0.2, 0) is 0 Å². The number of carboxylic acids is 2. The lowest BCUT2D eigenvalue weighted by Gasteiger charge is -2.06. The van der Waals surface area contributed by atoms with Gasteiger partial charge in [-0.3, -0.25) is 10.1 Å². The van der Waals surface area contributed by atoms with E-state index in [4.69, 9.17) is 21.8 Å². The molecule has 0 unspecified atom stereocenters. The molecule has 22 heavy (non-hydrogen) atoms. The number of nitrogens with zero attached hydrogens (tertiary/aromatic N) is 1. The number of nitro benzene ring substituents is 1. The van der Waals surface area contributed by atoms with Crippen LogP contribution in [0, 0.1) is 10.1 Å². The van der Waals surface area contributed by atoms with Gasteiger partial charge < -0.3 is 10.2 Å². The van der Waals surface area contributed by atoms with Crippen molar-refractivity contribution in [2.24, 2.45) is 0 Å². The van der Waals surface area contributed by atoms with Gasteiger partial charge in [-0.2, -0.15) is 0 Å². The largest absolute Gasteiger partial charge is 0.478 e. The number of benzene rings is 2. The second-order valence-electron chi connectivity index (χ2n) is 4.33. The Morgan fingerprint density at radius 1 is 1.00 bits per heavy atom. The van der Waals surface area contributed by atoms with E-state index in [1.165, 1.54) is 30.3 Å². The zero-order valence-corrected chi connectivity index (χ0v) is 11.6. The molecule has 2 rings (SSSR count). The lowest BCUT2D eigenvalue weighted by molar-refractivity contribution is -0.384. The van der Waals surface area contributed by atoms with Crippen LogP contribution in [0.15, 0.2) is 36.4 Å². The van der Waals surface area contributed by atoms with E-state index in [1.54, 1.807) is 0 Å². The minimum absolute atomic E-state index is 0.0140. The molecular formula is C14H8ClNO6. The molecule has 2 aromatic rings. The Kier molecular flexibility index (Phi) is 4.09. The molecule has 7 nitrogen and oxygen atoms in total. The van der Waals surface area contributed by atoms with Crippen LogP contribution >= 0.6 is 11.6 Å². The molecule has 0 fully saturated rings. The summed E-state index contributed by atoms with van der Waals surface area (Å²) in [7, 11) is 0. The summed E-state index contributed by atoms with van der Waals surface area (Å²) < 4.78 is 0. The lowest BCUT2D eigenvalue weighted by atomic mass is 10.00. The normalized spacial score (nSPS) is 10.2. The first-order valence-electron chi connectivity index (χ1n) is 5.85. The minimum atomic E-state index is -1.32. The molecule has 112 valence electrons. The summed E-state index contributed by atoms with van der Waals surface area (Å²) in [6, 6.07) is 7.35. The highest BCUT2D eigenvalue weighted by Gasteiger charge is 2.16. The Labute approximate surface area is 128 Å². The third-order valence-electron chi connectivity index (χ3n) is 2.91. The second kappa shape index (κ2) is 5.82. The summed E-state index contributed by atoms with van der Waals surface area (Å²) in [5, 5.41) is 28.9. The van der Waals surface area contributed by atoms with Gasteiger partial charge in [0.05, 0.1) is 21.1 Å². The molecule has 8 heteroatoms. The van der Waals surface area contributed by atoms with Crippen molar-refractivity contribution in [3.8, 4) is 11.1 Å². The number of nitro groups is 1. The molecule has 2 aromatic carbocycles. The molecule has 0 aliphatic heterocycles. The summed E-state index contributed by atoms with van der Waals surface area (Å²) >= 11 is 5.76. The van der Waals surface area contributed by atoms with E-state index in [2.05, 4.69) is 0 Å². The molecule has 0 aromatic heterocycles. The van der Waals surface area contributed by atoms with Crippen LogP contribution in [0.2, 0.25) is 5.02 Å². The van der Waals surface area contributed by atoms with Crippen LogP contribution in [0.1, 0.15) is 20.7 Å². The molecule has 0 heterocycles. The van der Waals surface area contributed by atoms with E-state index in [0.717, 1.165) is 6.07 Å². The summed E-state index contributed by atoms with van der Waals surface area (Å²) in [4.78, 5) is 32.3. The highest BCUT2D eigenvalue weighted by molar-refractivity contribution is 6.33. The van der Waals surface area contributed by atoms with Crippen molar-refractivity contribution in [1.82, 2.24) is 0 Å². The third kappa shape index (κ3) is 3.04. The maximum absolute atomic E-state index is 11.1. The first-order chi connectivity index (χ1) is 10.3. The summed E-state index contributed by atoms with van der Waals surface area (Å²) in [5.74, 6) is -2.58. The predicted molar refractivity (Wildman–Crippen MR) is 77.5 cm³/mol. The number of rotatable bonds is 4. The first kappa shape index (κ1) is 15.5. The third-order valence-corrected chi connectivity index (χ3v) is 3.24. The molecule has 0 aliphatic rings. The summed E-state index contributed by atoms with van der Waals surface area (Å²) in [5.41, 5.74) is -0.320. The van der Waals surface area contributed by atoms with Gasteiger partial charge in [0.1, 0.15) is 0 Å². The first-order valence-corrected chi connectivity index (χ1v) is 6.23. The fourth-order valence-electron chi connectivity index (χ4n) is 1.88. The SMILES string of the molecule is O=C(O)c1cc(-c2ccc(Cl)c(C(=O)O)c2)cc([N+](=O)[O-])c1. The average molecular weight is 322 g/mol. The molecule has 0 aliphatic carbocycles. The van der Waals surface area contributed by atoms with Gasteiger partial charge in [0.2, 0.25) is 0 Å². The van der Waals surface area contributed by atoms with E-state index in [0.29, 0.717) is 5.56 Å². The van der Waals surface area contributed by atoms with Crippen molar-refractivity contribution in [1.29, 1.82) is 0 Å². The zero-order chi connectivity index (χ0) is 16.4. The van der Waals surface area contributed by atoms with Gasteiger partial charge in [-0.15, -0.1) is 0 Å². The molecular weight excluding hydrogens is 314 g/mol. The molecule has 0 amide bonds. The van der Waals surface area contributed by atoms with Gasteiger partial charge in [0, 0.05) is 12.1 Å². The quantitative estimate of drug-likeness (QED) is 0.658. The molecule has 0 saturated carbocycles. The number of carbonyl (C=O) groups is 2. The van der Waals surface area contributed by atoms with Crippen molar-refractivity contribution in [2.45, 2.75) is 0 Å². The maximum Gasteiger partial charge on any atom is 0.337 e.